The van der Waals surface area contributed by atoms with Gasteiger partial charge in [-0.1, -0.05) is 0 Å². The highest BCUT2D eigenvalue weighted by Gasteiger charge is 2.47. The van der Waals surface area contributed by atoms with Crippen LogP contribution in [0.15, 0.2) is 24.4 Å². The Labute approximate surface area is 153 Å². The molecule has 1 aliphatic rings. The molecule has 0 spiro atoms. The first kappa shape index (κ1) is 18.8. The number of hydrogen-bond donors (Lipinski definition) is 3. The molecule has 3 rings (SSSR count). The fourth-order valence-corrected chi connectivity index (χ4v) is 3.35. The van der Waals surface area contributed by atoms with Crippen LogP contribution in [-0.2, 0) is 20.8 Å². The number of aromatic nitrogens is 1. The molecule has 0 radical (unpaired) electrons. The second-order valence-electron chi connectivity index (χ2n) is 6.74. The highest BCUT2D eigenvalue weighted by atomic mass is 19.1. The van der Waals surface area contributed by atoms with Crippen LogP contribution in [0.3, 0.4) is 0 Å². The van der Waals surface area contributed by atoms with E-state index in [1.807, 2.05) is 0 Å². The van der Waals surface area contributed by atoms with Gasteiger partial charge < -0.3 is 20.3 Å². The standard InChI is InChI=1S/C18H19F2N3O4/c1-10(24)22-15(16(25)23-5-4-18(20,9-23)17(26)27)6-11-8-21-14-7-12(19)2-3-13(11)14/h2-3,7-8,15,21H,4-6,9H2,1H3,(H,22,24)(H,26,27). The van der Waals surface area contributed by atoms with Crippen LogP contribution < -0.4 is 5.32 Å². The smallest absolute Gasteiger partial charge is 0.343 e. The minimum atomic E-state index is -2.48. The molecule has 0 bridgehead atoms. The first-order chi connectivity index (χ1) is 12.7. The first-order valence-corrected chi connectivity index (χ1v) is 8.43. The number of alkyl halides is 1. The Kier molecular flexibility index (Phi) is 4.86. The van der Waals surface area contributed by atoms with E-state index < -0.39 is 41.9 Å². The summed E-state index contributed by atoms with van der Waals surface area (Å²) in [4.78, 5) is 39.4. The number of halogens is 2. The minimum Gasteiger partial charge on any atom is -0.479 e. The van der Waals surface area contributed by atoms with Crippen molar-refractivity contribution >= 4 is 28.7 Å². The largest absolute Gasteiger partial charge is 0.479 e. The van der Waals surface area contributed by atoms with E-state index in [2.05, 4.69) is 10.3 Å². The number of amides is 2. The van der Waals surface area contributed by atoms with Gasteiger partial charge in [-0.15, -0.1) is 0 Å². The predicted molar refractivity (Wildman–Crippen MR) is 92.2 cm³/mol. The van der Waals surface area contributed by atoms with Gasteiger partial charge in [0.15, 0.2) is 0 Å². The summed E-state index contributed by atoms with van der Waals surface area (Å²) in [5, 5.41) is 12.2. The molecule has 9 heteroatoms. The molecule has 1 aromatic carbocycles. The molecule has 2 amide bonds. The van der Waals surface area contributed by atoms with Crippen LogP contribution in [0.4, 0.5) is 8.78 Å². The third-order valence-corrected chi connectivity index (χ3v) is 4.74. The first-order valence-electron chi connectivity index (χ1n) is 8.43. The van der Waals surface area contributed by atoms with E-state index in [4.69, 9.17) is 5.11 Å². The maximum absolute atomic E-state index is 14.3. The zero-order valence-corrected chi connectivity index (χ0v) is 14.6. The van der Waals surface area contributed by atoms with Crippen molar-refractivity contribution in [3.8, 4) is 0 Å². The Hall–Kier alpha value is -2.97. The summed E-state index contributed by atoms with van der Waals surface area (Å²) < 4.78 is 27.6. The number of carboxylic acid groups (broad SMARTS) is 1. The lowest BCUT2D eigenvalue weighted by molar-refractivity contribution is -0.150. The lowest BCUT2D eigenvalue weighted by Gasteiger charge is -2.24. The summed E-state index contributed by atoms with van der Waals surface area (Å²) in [5.41, 5.74) is -1.25. The third-order valence-electron chi connectivity index (χ3n) is 4.74. The zero-order valence-electron chi connectivity index (χ0n) is 14.6. The SMILES string of the molecule is CC(=O)NC(Cc1c[nH]c2cc(F)ccc12)C(=O)N1CCC(F)(C(=O)O)C1. The second kappa shape index (κ2) is 6.98. The number of nitrogens with zero attached hydrogens (tertiary/aromatic N) is 1. The van der Waals surface area contributed by atoms with Crippen LogP contribution in [0.2, 0.25) is 0 Å². The molecule has 1 saturated heterocycles. The number of aromatic amines is 1. The number of hydrogen-bond acceptors (Lipinski definition) is 3. The average Bonchev–Trinajstić information content (AvgIpc) is 3.18. The van der Waals surface area contributed by atoms with Crippen LogP contribution in [0, 0.1) is 5.82 Å². The highest BCUT2D eigenvalue weighted by Crippen LogP contribution is 2.27. The molecule has 144 valence electrons. The van der Waals surface area contributed by atoms with Gasteiger partial charge in [-0.2, -0.15) is 0 Å². The third kappa shape index (κ3) is 3.76. The molecule has 3 N–H and O–H groups in total. The summed E-state index contributed by atoms with van der Waals surface area (Å²) >= 11 is 0. The van der Waals surface area contributed by atoms with Crippen molar-refractivity contribution in [2.24, 2.45) is 0 Å². The number of rotatable bonds is 5. The van der Waals surface area contributed by atoms with E-state index in [1.54, 1.807) is 12.3 Å². The molecule has 1 aromatic heterocycles. The molecular formula is C18H19F2N3O4. The summed E-state index contributed by atoms with van der Waals surface area (Å²) in [6, 6.07) is 3.19. The van der Waals surface area contributed by atoms with Crippen molar-refractivity contribution < 1.29 is 28.3 Å². The second-order valence-corrected chi connectivity index (χ2v) is 6.74. The van der Waals surface area contributed by atoms with Crippen LogP contribution >= 0.6 is 0 Å². The van der Waals surface area contributed by atoms with Crippen LogP contribution in [0.25, 0.3) is 10.9 Å². The van der Waals surface area contributed by atoms with Gasteiger partial charge in [0.2, 0.25) is 17.5 Å². The number of carboxylic acids is 1. The number of carbonyl (C=O) groups excluding carboxylic acids is 2. The van der Waals surface area contributed by atoms with Crippen molar-refractivity contribution in [2.75, 3.05) is 13.1 Å². The molecule has 1 aliphatic heterocycles. The highest BCUT2D eigenvalue weighted by molar-refractivity contribution is 5.90. The van der Waals surface area contributed by atoms with Gasteiger partial charge in [0.25, 0.3) is 0 Å². The van der Waals surface area contributed by atoms with Gasteiger partial charge in [-0.25, -0.2) is 13.6 Å². The molecular weight excluding hydrogens is 360 g/mol. The number of aliphatic carboxylic acids is 1. The normalized spacial score (nSPS) is 20.6. The van der Waals surface area contributed by atoms with Crippen LogP contribution in [-0.4, -0.2) is 57.6 Å². The fraction of sp³-hybridized carbons (Fsp3) is 0.389. The van der Waals surface area contributed by atoms with Crippen molar-refractivity contribution in [3.05, 3.63) is 35.8 Å². The van der Waals surface area contributed by atoms with Gasteiger partial charge >= 0.3 is 5.97 Å². The molecule has 0 aliphatic carbocycles. The van der Waals surface area contributed by atoms with E-state index in [-0.39, 0.29) is 19.4 Å². The molecule has 7 nitrogen and oxygen atoms in total. The Bertz CT molecular complexity index is 913. The van der Waals surface area contributed by atoms with Gasteiger partial charge in [-0.3, -0.25) is 9.59 Å². The van der Waals surface area contributed by atoms with Gasteiger partial charge in [-0.05, 0) is 23.8 Å². The molecule has 2 aromatic rings. The Morgan fingerprint density at radius 2 is 2.15 bits per heavy atom. The van der Waals surface area contributed by atoms with Crippen molar-refractivity contribution in [1.29, 1.82) is 0 Å². The maximum Gasteiger partial charge on any atom is 0.343 e. The topological polar surface area (TPSA) is 103 Å². The van der Waals surface area contributed by atoms with E-state index in [0.717, 1.165) is 4.90 Å². The molecule has 2 atom stereocenters. The van der Waals surface area contributed by atoms with E-state index in [9.17, 15) is 23.2 Å². The van der Waals surface area contributed by atoms with Crippen molar-refractivity contribution in [2.45, 2.75) is 31.5 Å². The Morgan fingerprint density at radius 3 is 2.78 bits per heavy atom. The molecule has 2 heterocycles. The predicted octanol–water partition coefficient (Wildman–Crippen LogP) is 1.38. The van der Waals surface area contributed by atoms with Gasteiger partial charge in [0.05, 0.1) is 6.54 Å². The van der Waals surface area contributed by atoms with E-state index in [0.29, 0.717) is 16.5 Å². The number of fused-ring (bicyclic) bond motifs is 1. The molecule has 0 saturated carbocycles. The Balaban J connectivity index is 1.82. The molecule has 27 heavy (non-hydrogen) atoms. The van der Waals surface area contributed by atoms with Crippen LogP contribution in [0.1, 0.15) is 18.9 Å². The number of benzene rings is 1. The average molecular weight is 379 g/mol. The van der Waals surface area contributed by atoms with E-state index >= 15 is 0 Å². The summed E-state index contributed by atoms with van der Waals surface area (Å²) in [6.07, 6.45) is 1.42. The quantitative estimate of drug-likeness (QED) is 0.730. The summed E-state index contributed by atoms with van der Waals surface area (Å²) in [5.74, 6) is -3.01. The van der Waals surface area contributed by atoms with Gasteiger partial charge in [0, 0.05) is 43.4 Å². The number of carbonyl (C=O) groups is 3. The Morgan fingerprint density at radius 1 is 1.41 bits per heavy atom. The fourth-order valence-electron chi connectivity index (χ4n) is 3.35. The lowest BCUT2D eigenvalue weighted by Crippen LogP contribution is -2.49. The zero-order chi connectivity index (χ0) is 19.8. The monoisotopic (exact) mass is 379 g/mol. The maximum atomic E-state index is 14.3. The van der Waals surface area contributed by atoms with Crippen molar-refractivity contribution in [1.82, 2.24) is 15.2 Å². The molecule has 2 unspecified atom stereocenters. The number of H-pyrrole nitrogens is 1. The summed E-state index contributed by atoms with van der Waals surface area (Å²) in [7, 11) is 0. The number of nitrogens with one attached hydrogen (secondary N) is 2. The summed E-state index contributed by atoms with van der Waals surface area (Å²) in [6.45, 7) is 0.652. The van der Waals surface area contributed by atoms with Crippen LogP contribution in [0.5, 0.6) is 0 Å². The van der Waals surface area contributed by atoms with Gasteiger partial charge in [0.1, 0.15) is 11.9 Å². The number of likely N-dealkylation sites (tertiary alicyclic amines) is 1. The lowest BCUT2D eigenvalue weighted by atomic mass is 10.0. The minimum absolute atomic E-state index is 0.0448. The van der Waals surface area contributed by atoms with Crippen molar-refractivity contribution in [3.63, 3.8) is 0 Å². The molecule has 1 fully saturated rings. The van der Waals surface area contributed by atoms with E-state index in [1.165, 1.54) is 19.1 Å².